The molecule has 0 bridgehead atoms. The van der Waals surface area contributed by atoms with E-state index >= 15 is 0 Å². The number of rotatable bonds is 6. The van der Waals surface area contributed by atoms with Crippen molar-refractivity contribution in [3.63, 3.8) is 0 Å². The molecule has 0 atom stereocenters. The number of fused-ring (bicyclic) bond motifs is 4. The van der Waals surface area contributed by atoms with Gasteiger partial charge in [-0.25, -0.2) is 4.63 Å². The Kier molecular flexibility index (Phi) is 7.82. The molecule has 0 aliphatic heterocycles. The first-order valence-corrected chi connectivity index (χ1v) is 17.7. The summed E-state index contributed by atoms with van der Waals surface area (Å²) in [5, 5.41) is 53.7. The van der Waals surface area contributed by atoms with Crippen molar-refractivity contribution in [2.45, 2.75) is 19.3 Å². The van der Waals surface area contributed by atoms with Gasteiger partial charge in [0.25, 0.3) is 0 Å². The fourth-order valence-electron chi connectivity index (χ4n) is 7.90. The van der Waals surface area contributed by atoms with E-state index in [2.05, 4.69) is 101 Å². The smallest absolute Gasteiger partial charge is 0.159 e. The van der Waals surface area contributed by atoms with Gasteiger partial charge in [-0.3, -0.25) is 10.8 Å². The molecule has 266 valence electrons. The number of hydrogen-bond acceptors (Lipinski definition) is 10. The zero-order valence-corrected chi connectivity index (χ0v) is 29.8. The quantitative estimate of drug-likeness (QED) is 0.0763. The number of aromatic nitrogens is 2. The van der Waals surface area contributed by atoms with Crippen molar-refractivity contribution in [2.24, 2.45) is 10.3 Å². The van der Waals surface area contributed by atoms with Crippen LogP contribution in [0.4, 0.5) is 5.69 Å². The topological polar surface area (TPSA) is 155 Å². The van der Waals surface area contributed by atoms with Crippen LogP contribution in [-0.2, 0) is 5.41 Å². The lowest BCUT2D eigenvalue weighted by atomic mass is 9.81. The first-order chi connectivity index (χ1) is 26.8. The Hall–Kier alpha value is -7.46. The summed E-state index contributed by atoms with van der Waals surface area (Å²) in [7, 11) is 0. The average molecular weight is 720 g/mol. The third-order valence-corrected chi connectivity index (χ3v) is 10.7. The van der Waals surface area contributed by atoms with E-state index in [0.717, 1.165) is 27.8 Å². The highest BCUT2D eigenvalue weighted by molar-refractivity contribution is 6.63. The van der Waals surface area contributed by atoms with Gasteiger partial charge in [0.1, 0.15) is 16.9 Å². The Bertz CT molecular complexity index is 2780. The maximum atomic E-state index is 10.4. The number of nitrogens with zero attached hydrogens (tertiary/aromatic N) is 5. The molecular formula is C45H33N7O3. The van der Waals surface area contributed by atoms with Crippen LogP contribution in [0.1, 0.15) is 30.5 Å². The van der Waals surface area contributed by atoms with Crippen LogP contribution in [0.2, 0.25) is 0 Å². The third kappa shape index (κ3) is 5.26. The van der Waals surface area contributed by atoms with Gasteiger partial charge >= 0.3 is 0 Å². The molecule has 0 amide bonds. The zero-order chi connectivity index (χ0) is 37.8. The van der Waals surface area contributed by atoms with E-state index in [1.165, 1.54) is 28.3 Å². The summed E-state index contributed by atoms with van der Waals surface area (Å²) in [6, 6.07) is 36.7. The highest BCUT2D eigenvalue weighted by Gasteiger charge is 2.36. The van der Waals surface area contributed by atoms with Crippen LogP contribution >= 0.6 is 0 Å². The minimum atomic E-state index is -0.101. The fraction of sp³-hybridized carbons (Fsp3) is 0.0667. The van der Waals surface area contributed by atoms with Crippen molar-refractivity contribution >= 4 is 45.1 Å². The SMILES string of the molecule is CC1(C)c2ccccc2-c2ccc(-c3ccc(-c4ccc(N(C5=CC=C/C(=N/O)C5=N)C5=CC=C(c6ccccc6)C(=N)/C5=N\O)c5nonc45)cc3)cc21. The normalized spacial score (nSPS) is 17.2. The standard InChI is InChI=1S/C45H33N7O3/c1-45(2)34-12-7-6-11-32(34)33-20-19-29(25-35(33)45)26-15-17-28(18-16-26)31-22-24-39(44-42(31)50-55-51-44)52(37-14-8-13-36(48-53)41(37)47)38-23-21-30(40(46)43(38)49-54)27-9-4-3-5-10-27/h3-25,46-47,53-54H,1-2H3/b46-40?,47-41?,48-36-,49-43-. The number of anilines is 1. The van der Waals surface area contributed by atoms with Crippen LogP contribution in [0.5, 0.6) is 0 Å². The van der Waals surface area contributed by atoms with E-state index in [-0.39, 0.29) is 39.7 Å². The Labute approximate surface area is 316 Å². The van der Waals surface area contributed by atoms with E-state index < -0.39 is 0 Å². The maximum absolute atomic E-state index is 10.4. The Morgan fingerprint density at radius 3 is 2.09 bits per heavy atom. The average Bonchev–Trinajstić information content (AvgIpc) is 3.80. The molecule has 10 heteroatoms. The van der Waals surface area contributed by atoms with Gasteiger partial charge in [0, 0.05) is 16.6 Å². The molecule has 10 nitrogen and oxygen atoms in total. The first kappa shape index (κ1) is 33.4. The summed E-state index contributed by atoms with van der Waals surface area (Å²) in [5.41, 5.74) is 12.1. The molecule has 4 N–H and O–H groups in total. The Morgan fingerprint density at radius 1 is 0.618 bits per heavy atom. The molecule has 6 aromatic rings. The van der Waals surface area contributed by atoms with Gasteiger partial charge in [-0.1, -0.05) is 121 Å². The van der Waals surface area contributed by atoms with Crippen LogP contribution < -0.4 is 4.90 Å². The van der Waals surface area contributed by atoms with Crippen molar-refractivity contribution in [1.82, 2.24) is 10.3 Å². The molecule has 1 aromatic heterocycles. The van der Waals surface area contributed by atoms with Gasteiger partial charge in [-0.2, -0.15) is 0 Å². The van der Waals surface area contributed by atoms with Crippen LogP contribution in [0.3, 0.4) is 0 Å². The lowest BCUT2D eigenvalue weighted by Crippen LogP contribution is -2.37. The summed E-state index contributed by atoms with van der Waals surface area (Å²) in [4.78, 5) is 1.64. The van der Waals surface area contributed by atoms with Crippen molar-refractivity contribution in [1.29, 1.82) is 10.8 Å². The molecule has 0 radical (unpaired) electrons. The van der Waals surface area contributed by atoms with Crippen LogP contribution in [-0.4, -0.2) is 43.6 Å². The molecule has 0 spiro atoms. The van der Waals surface area contributed by atoms with Crippen molar-refractivity contribution in [3.05, 3.63) is 168 Å². The second-order valence-corrected chi connectivity index (χ2v) is 14.0. The molecule has 3 aliphatic rings. The van der Waals surface area contributed by atoms with E-state index in [4.69, 9.17) is 15.4 Å². The van der Waals surface area contributed by atoms with E-state index in [0.29, 0.717) is 22.3 Å². The minimum absolute atomic E-state index is 0.0200. The second kappa shape index (κ2) is 12.9. The van der Waals surface area contributed by atoms with Gasteiger partial charge in [-0.15, -0.1) is 0 Å². The molecule has 3 aliphatic carbocycles. The van der Waals surface area contributed by atoms with E-state index in [9.17, 15) is 10.4 Å². The summed E-state index contributed by atoms with van der Waals surface area (Å²) in [5.74, 6) is 0. The van der Waals surface area contributed by atoms with Gasteiger partial charge < -0.3 is 15.3 Å². The van der Waals surface area contributed by atoms with Gasteiger partial charge in [0.2, 0.25) is 0 Å². The predicted molar refractivity (Wildman–Crippen MR) is 216 cm³/mol. The number of nitrogens with one attached hydrogen (secondary N) is 2. The zero-order valence-electron chi connectivity index (χ0n) is 29.8. The number of allylic oxidation sites excluding steroid dienone is 8. The Morgan fingerprint density at radius 2 is 1.31 bits per heavy atom. The monoisotopic (exact) mass is 719 g/mol. The molecular weight excluding hydrogens is 687 g/mol. The van der Waals surface area contributed by atoms with Gasteiger partial charge in [-0.05, 0) is 97.3 Å². The number of oxime groups is 2. The van der Waals surface area contributed by atoms with E-state index in [1.807, 2.05) is 42.5 Å². The van der Waals surface area contributed by atoms with Crippen LogP contribution in [0, 0.1) is 10.8 Å². The summed E-state index contributed by atoms with van der Waals surface area (Å²) >= 11 is 0. The Balaban J connectivity index is 1.12. The van der Waals surface area contributed by atoms with Crippen LogP contribution in [0.15, 0.2) is 166 Å². The lowest BCUT2D eigenvalue weighted by molar-refractivity contribution is 0.315. The predicted octanol–water partition coefficient (Wildman–Crippen LogP) is 9.80. The molecule has 1 heterocycles. The van der Waals surface area contributed by atoms with Crippen molar-refractivity contribution in [2.75, 3.05) is 4.90 Å². The molecule has 0 saturated heterocycles. The largest absolute Gasteiger partial charge is 0.410 e. The first-order valence-electron chi connectivity index (χ1n) is 17.7. The second-order valence-electron chi connectivity index (χ2n) is 14.0. The van der Waals surface area contributed by atoms with Crippen molar-refractivity contribution in [3.8, 4) is 33.4 Å². The molecule has 0 unspecified atom stereocenters. The third-order valence-electron chi connectivity index (χ3n) is 10.7. The molecule has 9 rings (SSSR count). The lowest BCUT2D eigenvalue weighted by Gasteiger charge is -2.32. The van der Waals surface area contributed by atoms with Gasteiger partial charge in [0.05, 0.1) is 22.8 Å². The maximum Gasteiger partial charge on any atom is 0.159 e. The number of benzene rings is 5. The molecule has 0 fully saturated rings. The summed E-state index contributed by atoms with van der Waals surface area (Å²) in [6.45, 7) is 4.56. The van der Waals surface area contributed by atoms with Gasteiger partial charge in [0.15, 0.2) is 11.2 Å². The fourth-order valence-corrected chi connectivity index (χ4v) is 7.90. The van der Waals surface area contributed by atoms with Crippen LogP contribution in [0.25, 0.3) is 50.0 Å². The minimum Gasteiger partial charge on any atom is -0.410 e. The van der Waals surface area contributed by atoms with E-state index in [1.54, 1.807) is 29.2 Å². The summed E-state index contributed by atoms with van der Waals surface area (Å²) < 4.78 is 5.36. The highest BCUT2D eigenvalue weighted by atomic mass is 16.6. The molecule has 0 saturated carbocycles. The summed E-state index contributed by atoms with van der Waals surface area (Å²) in [6.07, 6.45) is 8.34. The molecule has 55 heavy (non-hydrogen) atoms. The highest BCUT2D eigenvalue weighted by Crippen LogP contribution is 2.49. The van der Waals surface area contributed by atoms with Crippen molar-refractivity contribution < 1.29 is 15.0 Å². The number of hydrogen-bond donors (Lipinski definition) is 4. The molecule has 5 aromatic carbocycles.